The summed E-state index contributed by atoms with van der Waals surface area (Å²) >= 11 is 0. The Morgan fingerprint density at radius 2 is 2.05 bits per heavy atom. The van der Waals surface area contributed by atoms with Crippen molar-refractivity contribution in [2.24, 2.45) is 0 Å². The Labute approximate surface area is 124 Å². The summed E-state index contributed by atoms with van der Waals surface area (Å²) in [5.74, 6) is -0.260. The van der Waals surface area contributed by atoms with E-state index in [0.29, 0.717) is 24.4 Å². The summed E-state index contributed by atoms with van der Waals surface area (Å²) in [6.45, 7) is 0.803. The SMILES string of the molecule is O=C(CC(F)(F)F)N1CCc2onc(Cn3cccc3)c2C1. The highest BCUT2D eigenvalue weighted by molar-refractivity contribution is 5.77. The summed E-state index contributed by atoms with van der Waals surface area (Å²) in [7, 11) is 0. The highest BCUT2D eigenvalue weighted by Crippen LogP contribution is 2.26. The predicted molar refractivity (Wildman–Crippen MR) is 69.8 cm³/mol. The quantitative estimate of drug-likeness (QED) is 0.874. The number of fused-ring (bicyclic) bond motifs is 1. The monoisotopic (exact) mass is 313 g/mol. The number of carbonyl (C=O) groups is 1. The molecule has 0 aromatic carbocycles. The lowest BCUT2D eigenvalue weighted by atomic mass is 10.1. The van der Waals surface area contributed by atoms with Crippen molar-refractivity contribution in [3.8, 4) is 0 Å². The van der Waals surface area contributed by atoms with E-state index in [1.54, 1.807) is 0 Å². The van der Waals surface area contributed by atoms with Crippen molar-refractivity contribution in [2.75, 3.05) is 6.54 Å². The Balaban J connectivity index is 1.74. The summed E-state index contributed by atoms with van der Waals surface area (Å²) in [6.07, 6.45) is -1.81. The van der Waals surface area contributed by atoms with Crippen LogP contribution in [-0.2, 0) is 24.3 Å². The molecule has 0 unspecified atom stereocenters. The van der Waals surface area contributed by atoms with Crippen LogP contribution in [0.3, 0.4) is 0 Å². The second-order valence-corrected chi connectivity index (χ2v) is 5.24. The first-order valence-corrected chi connectivity index (χ1v) is 6.84. The van der Waals surface area contributed by atoms with Gasteiger partial charge < -0.3 is 14.0 Å². The summed E-state index contributed by atoms with van der Waals surface area (Å²) < 4.78 is 44.2. The first kappa shape index (κ1) is 14.7. The fraction of sp³-hybridized carbons (Fsp3) is 0.429. The Hall–Kier alpha value is -2.25. The number of rotatable bonds is 3. The minimum absolute atomic E-state index is 0.115. The van der Waals surface area contributed by atoms with E-state index in [1.807, 2.05) is 29.1 Å². The maximum Gasteiger partial charge on any atom is 0.397 e. The minimum Gasteiger partial charge on any atom is -0.361 e. The maximum atomic E-state index is 12.3. The third-order valence-electron chi connectivity index (χ3n) is 3.61. The molecule has 118 valence electrons. The van der Waals surface area contributed by atoms with Gasteiger partial charge in [-0.05, 0) is 12.1 Å². The molecule has 8 heteroatoms. The van der Waals surface area contributed by atoms with Crippen LogP contribution >= 0.6 is 0 Å². The molecule has 2 aromatic heterocycles. The molecule has 0 aliphatic carbocycles. The van der Waals surface area contributed by atoms with Crippen LogP contribution in [0.25, 0.3) is 0 Å². The summed E-state index contributed by atoms with van der Waals surface area (Å²) in [5.41, 5.74) is 1.37. The van der Waals surface area contributed by atoms with Crippen LogP contribution in [0.1, 0.15) is 23.4 Å². The molecule has 0 N–H and O–H groups in total. The minimum atomic E-state index is -4.49. The zero-order valence-corrected chi connectivity index (χ0v) is 11.6. The maximum absolute atomic E-state index is 12.3. The number of alkyl halides is 3. The van der Waals surface area contributed by atoms with Gasteiger partial charge in [0, 0.05) is 30.9 Å². The van der Waals surface area contributed by atoms with Gasteiger partial charge in [-0.2, -0.15) is 13.2 Å². The molecule has 1 aliphatic rings. The highest BCUT2D eigenvalue weighted by Gasteiger charge is 2.35. The van der Waals surface area contributed by atoms with Gasteiger partial charge >= 0.3 is 6.18 Å². The van der Waals surface area contributed by atoms with Gasteiger partial charge in [-0.3, -0.25) is 4.79 Å². The summed E-state index contributed by atoms with van der Waals surface area (Å²) in [6, 6.07) is 3.73. The number of hydrogen-bond acceptors (Lipinski definition) is 3. The molecule has 2 aromatic rings. The fourth-order valence-electron chi connectivity index (χ4n) is 2.53. The molecule has 1 amide bonds. The molecular weight excluding hydrogens is 299 g/mol. The van der Waals surface area contributed by atoms with Gasteiger partial charge in [-0.25, -0.2) is 0 Å². The molecule has 22 heavy (non-hydrogen) atoms. The van der Waals surface area contributed by atoms with Crippen molar-refractivity contribution < 1.29 is 22.5 Å². The van der Waals surface area contributed by atoms with E-state index >= 15 is 0 Å². The number of aromatic nitrogens is 2. The van der Waals surface area contributed by atoms with E-state index in [2.05, 4.69) is 5.16 Å². The highest BCUT2D eigenvalue weighted by atomic mass is 19.4. The molecule has 0 saturated carbocycles. The number of hydrogen-bond donors (Lipinski definition) is 0. The van der Waals surface area contributed by atoms with Gasteiger partial charge in [-0.1, -0.05) is 5.16 Å². The van der Waals surface area contributed by atoms with Crippen LogP contribution in [0, 0.1) is 0 Å². The van der Waals surface area contributed by atoms with Crippen LogP contribution in [-0.4, -0.2) is 33.3 Å². The van der Waals surface area contributed by atoms with Crippen LogP contribution in [0.15, 0.2) is 29.0 Å². The topological polar surface area (TPSA) is 51.3 Å². The van der Waals surface area contributed by atoms with Gasteiger partial charge in [0.15, 0.2) is 0 Å². The molecule has 1 aliphatic heterocycles. The van der Waals surface area contributed by atoms with Gasteiger partial charge in [0.25, 0.3) is 0 Å². The number of amides is 1. The zero-order valence-electron chi connectivity index (χ0n) is 11.6. The Morgan fingerprint density at radius 3 is 2.73 bits per heavy atom. The molecule has 5 nitrogen and oxygen atoms in total. The number of halogens is 3. The molecule has 0 radical (unpaired) electrons. The third-order valence-corrected chi connectivity index (χ3v) is 3.61. The molecule has 0 spiro atoms. The summed E-state index contributed by atoms with van der Waals surface area (Å²) in [4.78, 5) is 12.9. The van der Waals surface area contributed by atoms with Crippen molar-refractivity contribution in [1.82, 2.24) is 14.6 Å². The normalized spacial score (nSPS) is 15.0. The summed E-state index contributed by atoms with van der Waals surface area (Å²) in [5, 5.41) is 3.99. The van der Waals surface area contributed by atoms with E-state index in [1.165, 1.54) is 4.90 Å². The zero-order chi connectivity index (χ0) is 15.7. The molecule has 0 atom stereocenters. The molecule has 0 saturated heterocycles. The lowest BCUT2D eigenvalue weighted by Crippen LogP contribution is -2.38. The third kappa shape index (κ3) is 3.15. The molecule has 3 rings (SSSR count). The van der Waals surface area contributed by atoms with E-state index in [0.717, 1.165) is 5.56 Å². The Morgan fingerprint density at radius 1 is 1.32 bits per heavy atom. The van der Waals surface area contributed by atoms with Crippen molar-refractivity contribution in [3.63, 3.8) is 0 Å². The standard InChI is InChI=1S/C14H14F3N3O2/c15-14(16,17)7-13(21)20-6-3-12-10(8-20)11(18-22-12)9-19-4-1-2-5-19/h1-2,4-5H,3,6-9H2. The van der Waals surface area contributed by atoms with Crippen molar-refractivity contribution in [3.05, 3.63) is 41.5 Å². The van der Waals surface area contributed by atoms with Gasteiger partial charge in [-0.15, -0.1) is 0 Å². The van der Waals surface area contributed by atoms with Crippen molar-refractivity contribution in [2.45, 2.75) is 32.1 Å². The average molecular weight is 313 g/mol. The second kappa shape index (κ2) is 5.51. The Kier molecular flexibility index (Phi) is 3.67. The van der Waals surface area contributed by atoms with Gasteiger partial charge in [0.1, 0.15) is 17.9 Å². The Bertz CT molecular complexity index is 661. The van der Waals surface area contributed by atoms with E-state index in [9.17, 15) is 18.0 Å². The van der Waals surface area contributed by atoms with Gasteiger partial charge in [0.2, 0.25) is 5.91 Å². The molecule has 0 fully saturated rings. The largest absolute Gasteiger partial charge is 0.397 e. The van der Waals surface area contributed by atoms with E-state index in [-0.39, 0.29) is 13.1 Å². The molecule has 3 heterocycles. The molecule has 0 bridgehead atoms. The molecular formula is C14H14F3N3O2. The fourth-order valence-corrected chi connectivity index (χ4v) is 2.53. The van der Waals surface area contributed by atoms with Crippen molar-refractivity contribution >= 4 is 5.91 Å². The lowest BCUT2D eigenvalue weighted by Gasteiger charge is -2.26. The van der Waals surface area contributed by atoms with Crippen LogP contribution in [0.2, 0.25) is 0 Å². The smallest absolute Gasteiger partial charge is 0.361 e. The van der Waals surface area contributed by atoms with E-state index in [4.69, 9.17) is 4.52 Å². The van der Waals surface area contributed by atoms with Crippen LogP contribution in [0.4, 0.5) is 13.2 Å². The first-order valence-electron chi connectivity index (χ1n) is 6.84. The lowest BCUT2D eigenvalue weighted by molar-refractivity contribution is -0.162. The first-order chi connectivity index (χ1) is 10.4. The predicted octanol–water partition coefficient (Wildman–Crippen LogP) is 2.36. The van der Waals surface area contributed by atoms with Crippen LogP contribution < -0.4 is 0 Å². The second-order valence-electron chi connectivity index (χ2n) is 5.24. The number of nitrogens with zero attached hydrogens (tertiary/aromatic N) is 3. The van der Waals surface area contributed by atoms with Crippen molar-refractivity contribution in [1.29, 1.82) is 0 Å². The van der Waals surface area contributed by atoms with E-state index < -0.39 is 18.5 Å². The van der Waals surface area contributed by atoms with Crippen LogP contribution in [0.5, 0.6) is 0 Å². The number of carbonyl (C=O) groups excluding carboxylic acids is 1. The average Bonchev–Trinajstić information content (AvgIpc) is 3.07. The van der Waals surface area contributed by atoms with Gasteiger partial charge in [0.05, 0.1) is 13.1 Å².